The number of nitrogens with one attached hydrogen (secondary N) is 1. The van der Waals surface area contributed by atoms with Crippen molar-refractivity contribution in [1.29, 1.82) is 0 Å². The van der Waals surface area contributed by atoms with Crippen LogP contribution in [0.2, 0.25) is 5.02 Å². The summed E-state index contributed by atoms with van der Waals surface area (Å²) in [5.74, 6) is -0.394. The Hall–Kier alpha value is -2.22. The van der Waals surface area contributed by atoms with E-state index in [1.807, 2.05) is 31.2 Å². The lowest BCUT2D eigenvalue weighted by Gasteiger charge is -2.33. The fourth-order valence-electron chi connectivity index (χ4n) is 4.54. The Balaban J connectivity index is 1.68. The minimum Gasteiger partial charge on any atom is -0.362 e. The van der Waals surface area contributed by atoms with Gasteiger partial charge in [-0.05, 0) is 25.3 Å². The monoisotopic (exact) mass is 454 g/mol. The van der Waals surface area contributed by atoms with Gasteiger partial charge in [-0.2, -0.15) is 18.3 Å². The number of hydrogen-bond donors (Lipinski definition) is 1. The third-order valence-electron chi connectivity index (χ3n) is 6.42. The molecule has 2 aromatic rings. The maximum absolute atomic E-state index is 13.9. The lowest BCUT2D eigenvalue weighted by Crippen LogP contribution is -2.39. The predicted molar refractivity (Wildman–Crippen MR) is 113 cm³/mol. The van der Waals surface area contributed by atoms with Crippen molar-refractivity contribution >= 4 is 23.3 Å². The second kappa shape index (κ2) is 8.37. The number of halogens is 4. The van der Waals surface area contributed by atoms with Gasteiger partial charge in [0.15, 0.2) is 11.7 Å². The van der Waals surface area contributed by atoms with Crippen LogP contribution in [-0.4, -0.2) is 39.9 Å². The van der Waals surface area contributed by atoms with Crippen LogP contribution in [0.1, 0.15) is 72.2 Å². The van der Waals surface area contributed by atoms with Gasteiger partial charge in [0.05, 0.1) is 6.04 Å². The van der Waals surface area contributed by atoms with Gasteiger partial charge in [0.25, 0.3) is 5.91 Å². The first kappa shape index (κ1) is 22.0. The van der Waals surface area contributed by atoms with Crippen molar-refractivity contribution in [1.82, 2.24) is 14.7 Å². The fraction of sp³-hybridized carbons (Fsp3) is 0.545. The molecule has 0 bridgehead atoms. The molecule has 0 unspecified atom stereocenters. The molecule has 0 spiro atoms. The van der Waals surface area contributed by atoms with Crippen LogP contribution in [0.5, 0.6) is 0 Å². The zero-order chi connectivity index (χ0) is 22.3. The maximum Gasteiger partial charge on any atom is 0.410 e. The van der Waals surface area contributed by atoms with Crippen LogP contribution in [0, 0.1) is 6.92 Å². The Bertz CT molecular complexity index is 951. The number of aromatic nitrogens is 2. The van der Waals surface area contributed by atoms with E-state index in [1.54, 1.807) is 11.9 Å². The number of anilines is 1. The van der Waals surface area contributed by atoms with E-state index in [0.29, 0.717) is 0 Å². The summed E-state index contributed by atoms with van der Waals surface area (Å²) < 4.78 is 42.7. The second-order valence-electron chi connectivity index (χ2n) is 8.56. The highest BCUT2D eigenvalue weighted by Gasteiger charge is 2.48. The Kier molecular flexibility index (Phi) is 5.94. The highest BCUT2D eigenvalue weighted by Crippen LogP contribution is 2.46. The van der Waals surface area contributed by atoms with E-state index in [1.165, 1.54) is 0 Å². The van der Waals surface area contributed by atoms with Gasteiger partial charge in [-0.15, -0.1) is 0 Å². The molecule has 9 heteroatoms. The van der Waals surface area contributed by atoms with E-state index in [9.17, 15) is 18.0 Å². The van der Waals surface area contributed by atoms with Gasteiger partial charge in [-0.25, -0.2) is 4.68 Å². The van der Waals surface area contributed by atoms with Crippen molar-refractivity contribution < 1.29 is 18.0 Å². The SMILES string of the molecule is Cc1ccc([C@@H]2C[C@@H](C(F)(F)F)n3nc(C(=O)N(C)C4CCCCC4)c(Cl)c3N2)cc1. The molecule has 1 aliphatic heterocycles. The molecule has 0 saturated heterocycles. The zero-order valence-electron chi connectivity index (χ0n) is 17.5. The molecule has 31 heavy (non-hydrogen) atoms. The topological polar surface area (TPSA) is 50.2 Å². The smallest absolute Gasteiger partial charge is 0.362 e. The van der Waals surface area contributed by atoms with Crippen molar-refractivity contribution in [2.75, 3.05) is 12.4 Å². The highest BCUT2D eigenvalue weighted by molar-refractivity contribution is 6.36. The molecule has 1 fully saturated rings. The van der Waals surface area contributed by atoms with Gasteiger partial charge in [-0.1, -0.05) is 60.7 Å². The summed E-state index contributed by atoms with van der Waals surface area (Å²) in [4.78, 5) is 14.7. The highest BCUT2D eigenvalue weighted by atomic mass is 35.5. The molecular weight excluding hydrogens is 429 g/mol. The first-order valence-corrected chi connectivity index (χ1v) is 11.0. The summed E-state index contributed by atoms with van der Waals surface area (Å²) in [5, 5.41) is 7.11. The molecule has 1 aliphatic carbocycles. The molecule has 2 aliphatic rings. The molecule has 2 heterocycles. The van der Waals surface area contributed by atoms with Gasteiger partial charge in [0.1, 0.15) is 10.8 Å². The lowest BCUT2D eigenvalue weighted by atomic mass is 9.94. The molecule has 168 valence electrons. The molecule has 2 atom stereocenters. The van der Waals surface area contributed by atoms with Crippen LogP contribution in [0.3, 0.4) is 0 Å². The van der Waals surface area contributed by atoms with Crippen molar-refractivity contribution in [2.24, 2.45) is 0 Å². The largest absolute Gasteiger partial charge is 0.410 e. The van der Waals surface area contributed by atoms with Crippen molar-refractivity contribution in [2.45, 2.75) is 69.8 Å². The number of rotatable bonds is 3. The van der Waals surface area contributed by atoms with Crippen LogP contribution < -0.4 is 5.32 Å². The number of nitrogens with zero attached hydrogens (tertiary/aromatic N) is 3. The molecule has 5 nitrogen and oxygen atoms in total. The third-order valence-corrected chi connectivity index (χ3v) is 6.78. The zero-order valence-corrected chi connectivity index (χ0v) is 18.3. The van der Waals surface area contributed by atoms with Crippen molar-refractivity contribution in [3.05, 3.63) is 46.1 Å². The minimum atomic E-state index is -4.52. The van der Waals surface area contributed by atoms with E-state index in [-0.39, 0.29) is 29.0 Å². The number of benzene rings is 1. The fourth-order valence-corrected chi connectivity index (χ4v) is 4.80. The Labute approximate surface area is 184 Å². The number of fused-ring (bicyclic) bond motifs is 1. The maximum atomic E-state index is 13.9. The average Bonchev–Trinajstić information content (AvgIpc) is 3.09. The van der Waals surface area contributed by atoms with E-state index in [2.05, 4.69) is 10.4 Å². The van der Waals surface area contributed by atoms with E-state index in [4.69, 9.17) is 11.6 Å². The molecule has 1 N–H and O–H groups in total. The van der Waals surface area contributed by atoms with Gasteiger partial charge in [0.2, 0.25) is 0 Å². The Morgan fingerprint density at radius 1 is 1.19 bits per heavy atom. The minimum absolute atomic E-state index is 0.0428. The van der Waals surface area contributed by atoms with Crippen LogP contribution in [0.4, 0.5) is 19.0 Å². The number of carbonyl (C=O) groups is 1. The van der Waals surface area contributed by atoms with Gasteiger partial charge >= 0.3 is 6.18 Å². The van der Waals surface area contributed by atoms with Gasteiger partial charge in [0, 0.05) is 19.5 Å². The van der Waals surface area contributed by atoms with Crippen LogP contribution >= 0.6 is 11.6 Å². The standard InChI is InChI=1S/C22H26ClF3N4O/c1-13-8-10-14(11-9-13)16-12-17(22(24,25)26)30-20(27-16)18(23)19(28-30)21(31)29(2)15-6-4-3-5-7-15/h8-11,15-17,27H,3-7,12H2,1-2H3/t16-,17-/m0/s1. The first-order chi connectivity index (χ1) is 14.7. The average molecular weight is 455 g/mol. The number of alkyl halides is 3. The lowest BCUT2D eigenvalue weighted by molar-refractivity contribution is -0.173. The summed E-state index contributed by atoms with van der Waals surface area (Å²) >= 11 is 6.45. The molecule has 0 radical (unpaired) electrons. The van der Waals surface area contributed by atoms with Gasteiger partial charge < -0.3 is 10.2 Å². The first-order valence-electron chi connectivity index (χ1n) is 10.6. The Morgan fingerprint density at radius 3 is 2.45 bits per heavy atom. The molecule has 1 aromatic carbocycles. The number of carbonyl (C=O) groups excluding carboxylic acids is 1. The molecule has 1 aromatic heterocycles. The summed E-state index contributed by atoms with van der Waals surface area (Å²) in [6.07, 6.45) is 0.208. The number of hydrogen-bond acceptors (Lipinski definition) is 3. The second-order valence-corrected chi connectivity index (χ2v) is 8.94. The summed E-state index contributed by atoms with van der Waals surface area (Å²) in [5.41, 5.74) is 1.63. The number of amides is 1. The van der Waals surface area contributed by atoms with Gasteiger partial charge in [-0.3, -0.25) is 4.79 Å². The van der Waals surface area contributed by atoms with Crippen LogP contribution in [-0.2, 0) is 0 Å². The molecular formula is C22H26ClF3N4O. The summed E-state index contributed by atoms with van der Waals surface area (Å²) in [6, 6.07) is 4.94. The normalized spacial score (nSPS) is 22.0. The molecule has 1 amide bonds. The third kappa shape index (κ3) is 4.27. The molecule has 1 saturated carbocycles. The number of aryl methyl sites for hydroxylation is 1. The van der Waals surface area contributed by atoms with E-state index in [0.717, 1.165) is 47.9 Å². The Morgan fingerprint density at radius 2 is 1.84 bits per heavy atom. The van der Waals surface area contributed by atoms with Crippen LogP contribution in [0.15, 0.2) is 24.3 Å². The van der Waals surface area contributed by atoms with Crippen LogP contribution in [0.25, 0.3) is 0 Å². The quantitative estimate of drug-likeness (QED) is 0.627. The predicted octanol–water partition coefficient (Wildman–Crippen LogP) is 5.91. The van der Waals surface area contributed by atoms with E-state index >= 15 is 0 Å². The van der Waals surface area contributed by atoms with E-state index < -0.39 is 24.2 Å². The van der Waals surface area contributed by atoms with Crippen molar-refractivity contribution in [3.8, 4) is 0 Å². The summed E-state index contributed by atoms with van der Waals surface area (Å²) in [7, 11) is 1.68. The molecule has 4 rings (SSSR count). The summed E-state index contributed by atoms with van der Waals surface area (Å²) in [6.45, 7) is 1.92. The van der Waals surface area contributed by atoms with Crippen molar-refractivity contribution in [3.63, 3.8) is 0 Å².